The molecule has 4 N–H and O–H groups in total. The number of nitrogens with one attached hydrogen (secondary N) is 4. The predicted octanol–water partition coefficient (Wildman–Crippen LogP) is 1.95. The monoisotopic (exact) mass is 314 g/mol. The van der Waals surface area contributed by atoms with Gasteiger partial charge >= 0.3 is 0 Å². The van der Waals surface area contributed by atoms with Crippen LogP contribution >= 0.6 is 0 Å². The van der Waals surface area contributed by atoms with Gasteiger partial charge in [-0.3, -0.25) is 20.4 Å². The standard InChI is InChI=1S/C16H15FN4O2/c1-9-11(12-7-10(17)4-5-13(12)19-9)8-15(22)20-21-16(23)14-3-2-6-18-14/h2-7,18-19H,8H2,1H3,(H,20,22)(H,21,23). The molecule has 3 rings (SSSR count). The van der Waals surface area contributed by atoms with Crippen molar-refractivity contribution < 1.29 is 14.0 Å². The summed E-state index contributed by atoms with van der Waals surface area (Å²) in [7, 11) is 0. The molecule has 1 aromatic carbocycles. The van der Waals surface area contributed by atoms with Gasteiger partial charge in [0, 0.05) is 22.8 Å². The minimum absolute atomic E-state index is 0.0281. The molecule has 0 aliphatic heterocycles. The number of halogens is 1. The van der Waals surface area contributed by atoms with Gasteiger partial charge in [0.2, 0.25) is 5.91 Å². The highest BCUT2D eigenvalue weighted by molar-refractivity contribution is 5.95. The maximum Gasteiger partial charge on any atom is 0.286 e. The van der Waals surface area contributed by atoms with Crippen molar-refractivity contribution in [3.05, 3.63) is 59.3 Å². The number of aromatic nitrogens is 2. The van der Waals surface area contributed by atoms with E-state index >= 15 is 0 Å². The average Bonchev–Trinajstić information content (AvgIpc) is 3.15. The molecule has 0 spiro atoms. The normalized spacial score (nSPS) is 10.7. The summed E-state index contributed by atoms with van der Waals surface area (Å²) in [4.78, 5) is 29.6. The third-order valence-corrected chi connectivity index (χ3v) is 3.58. The zero-order valence-corrected chi connectivity index (χ0v) is 12.4. The smallest absolute Gasteiger partial charge is 0.286 e. The highest BCUT2D eigenvalue weighted by atomic mass is 19.1. The number of hydrogen-bond acceptors (Lipinski definition) is 2. The van der Waals surface area contributed by atoms with E-state index in [4.69, 9.17) is 0 Å². The SMILES string of the molecule is Cc1[nH]c2ccc(F)cc2c1CC(=O)NNC(=O)c1ccc[nH]1. The summed E-state index contributed by atoms with van der Waals surface area (Å²) >= 11 is 0. The molecule has 6 nitrogen and oxygen atoms in total. The number of fused-ring (bicyclic) bond motifs is 1. The van der Waals surface area contributed by atoms with E-state index in [0.29, 0.717) is 16.6 Å². The number of hydrogen-bond donors (Lipinski definition) is 4. The Kier molecular flexibility index (Phi) is 3.84. The Hall–Kier alpha value is -3.09. The molecule has 0 radical (unpaired) electrons. The first-order chi connectivity index (χ1) is 11.0. The van der Waals surface area contributed by atoms with Crippen molar-refractivity contribution in [3.63, 3.8) is 0 Å². The van der Waals surface area contributed by atoms with Gasteiger partial charge in [-0.1, -0.05) is 0 Å². The summed E-state index contributed by atoms with van der Waals surface area (Å²) in [5.41, 5.74) is 7.27. The summed E-state index contributed by atoms with van der Waals surface area (Å²) in [6, 6.07) is 7.65. The van der Waals surface area contributed by atoms with Crippen LogP contribution in [0.2, 0.25) is 0 Å². The fourth-order valence-electron chi connectivity index (χ4n) is 2.45. The molecule has 0 aliphatic carbocycles. The van der Waals surface area contributed by atoms with Crippen LogP contribution < -0.4 is 10.9 Å². The molecule has 0 saturated heterocycles. The average molecular weight is 314 g/mol. The number of aryl methyl sites for hydroxylation is 1. The van der Waals surface area contributed by atoms with Crippen LogP contribution in [-0.4, -0.2) is 21.8 Å². The third kappa shape index (κ3) is 3.08. The highest BCUT2D eigenvalue weighted by Gasteiger charge is 2.14. The van der Waals surface area contributed by atoms with Crippen molar-refractivity contribution in [2.24, 2.45) is 0 Å². The van der Waals surface area contributed by atoms with Crippen LogP contribution in [0.25, 0.3) is 10.9 Å². The number of carbonyl (C=O) groups excluding carboxylic acids is 2. The lowest BCUT2D eigenvalue weighted by Gasteiger charge is -2.06. The molecule has 2 heterocycles. The zero-order chi connectivity index (χ0) is 16.4. The van der Waals surface area contributed by atoms with Gasteiger partial charge < -0.3 is 9.97 Å². The van der Waals surface area contributed by atoms with Gasteiger partial charge in [0.05, 0.1) is 6.42 Å². The van der Waals surface area contributed by atoms with Gasteiger partial charge in [-0.05, 0) is 42.8 Å². The molecule has 118 valence electrons. The largest absolute Gasteiger partial charge is 0.358 e. The second-order valence-corrected chi connectivity index (χ2v) is 5.18. The minimum Gasteiger partial charge on any atom is -0.358 e. The number of aromatic amines is 2. The van der Waals surface area contributed by atoms with Crippen molar-refractivity contribution in [1.29, 1.82) is 0 Å². The number of amides is 2. The van der Waals surface area contributed by atoms with Crippen LogP contribution in [0.15, 0.2) is 36.5 Å². The van der Waals surface area contributed by atoms with Crippen molar-refractivity contribution in [2.75, 3.05) is 0 Å². The fourth-order valence-corrected chi connectivity index (χ4v) is 2.45. The molecule has 2 aromatic heterocycles. The van der Waals surface area contributed by atoms with Crippen molar-refractivity contribution in [1.82, 2.24) is 20.8 Å². The van der Waals surface area contributed by atoms with E-state index in [1.165, 1.54) is 12.1 Å². The number of benzene rings is 1. The lowest BCUT2D eigenvalue weighted by Crippen LogP contribution is -2.42. The van der Waals surface area contributed by atoms with Gasteiger partial charge in [-0.25, -0.2) is 4.39 Å². The van der Waals surface area contributed by atoms with Gasteiger partial charge in [0.15, 0.2) is 0 Å². The first-order valence-electron chi connectivity index (χ1n) is 7.04. The van der Waals surface area contributed by atoms with E-state index in [1.807, 2.05) is 6.92 Å². The van der Waals surface area contributed by atoms with Crippen molar-refractivity contribution in [2.45, 2.75) is 13.3 Å². The Bertz CT molecular complexity index is 868. The van der Waals surface area contributed by atoms with Gasteiger partial charge in [0.1, 0.15) is 11.5 Å². The molecule has 0 unspecified atom stereocenters. The molecule has 0 bridgehead atoms. The van der Waals surface area contributed by atoms with Crippen molar-refractivity contribution >= 4 is 22.7 Å². The van der Waals surface area contributed by atoms with Crippen molar-refractivity contribution in [3.8, 4) is 0 Å². The number of carbonyl (C=O) groups is 2. The molecule has 0 atom stereocenters. The van der Waals surface area contributed by atoms with E-state index in [-0.39, 0.29) is 12.2 Å². The molecule has 0 fully saturated rings. The molecule has 23 heavy (non-hydrogen) atoms. The highest BCUT2D eigenvalue weighted by Crippen LogP contribution is 2.23. The maximum atomic E-state index is 13.4. The summed E-state index contributed by atoms with van der Waals surface area (Å²) < 4.78 is 13.4. The van der Waals surface area contributed by atoms with Crippen LogP contribution in [-0.2, 0) is 11.2 Å². The lowest BCUT2D eigenvalue weighted by molar-refractivity contribution is -0.121. The second-order valence-electron chi connectivity index (χ2n) is 5.18. The van der Waals surface area contributed by atoms with E-state index < -0.39 is 11.8 Å². The van der Waals surface area contributed by atoms with E-state index in [9.17, 15) is 14.0 Å². The zero-order valence-electron chi connectivity index (χ0n) is 12.4. The Morgan fingerprint density at radius 3 is 2.78 bits per heavy atom. The van der Waals surface area contributed by atoms with Crippen LogP contribution in [0, 0.1) is 12.7 Å². The van der Waals surface area contributed by atoms with E-state index in [0.717, 1.165) is 11.2 Å². The van der Waals surface area contributed by atoms with Gasteiger partial charge in [-0.2, -0.15) is 0 Å². The Morgan fingerprint density at radius 2 is 2.04 bits per heavy atom. The van der Waals surface area contributed by atoms with E-state index in [1.54, 1.807) is 24.4 Å². The number of H-pyrrole nitrogens is 2. The number of hydrazine groups is 1. The van der Waals surface area contributed by atoms with Crippen LogP contribution in [0.1, 0.15) is 21.7 Å². The first-order valence-corrected chi connectivity index (χ1v) is 7.04. The Labute approximate surface area is 131 Å². The molecule has 0 aliphatic rings. The van der Waals surface area contributed by atoms with Crippen LogP contribution in [0.5, 0.6) is 0 Å². The summed E-state index contributed by atoms with van der Waals surface area (Å²) in [5.74, 6) is -1.19. The quantitative estimate of drug-likeness (QED) is 0.557. The summed E-state index contributed by atoms with van der Waals surface area (Å²) in [6.45, 7) is 1.82. The summed E-state index contributed by atoms with van der Waals surface area (Å²) in [5, 5.41) is 0.661. The minimum atomic E-state index is -0.440. The topological polar surface area (TPSA) is 89.8 Å². The second kappa shape index (κ2) is 5.96. The van der Waals surface area contributed by atoms with Gasteiger partial charge in [0.25, 0.3) is 5.91 Å². The van der Waals surface area contributed by atoms with Crippen LogP contribution in [0.4, 0.5) is 4.39 Å². The third-order valence-electron chi connectivity index (χ3n) is 3.58. The Balaban J connectivity index is 1.69. The predicted molar refractivity (Wildman–Crippen MR) is 83.1 cm³/mol. The maximum absolute atomic E-state index is 13.4. The summed E-state index contributed by atoms with van der Waals surface area (Å²) in [6.07, 6.45) is 1.64. The first kappa shape index (κ1) is 14.8. The molecular weight excluding hydrogens is 299 g/mol. The fraction of sp³-hybridized carbons (Fsp3) is 0.125. The number of rotatable bonds is 3. The molecule has 7 heteroatoms. The molecular formula is C16H15FN4O2. The lowest BCUT2D eigenvalue weighted by atomic mass is 10.1. The molecule has 2 amide bonds. The van der Waals surface area contributed by atoms with E-state index in [2.05, 4.69) is 20.8 Å². The Morgan fingerprint density at radius 1 is 1.22 bits per heavy atom. The van der Waals surface area contributed by atoms with Gasteiger partial charge in [-0.15, -0.1) is 0 Å². The van der Waals surface area contributed by atoms with Crippen LogP contribution in [0.3, 0.4) is 0 Å². The molecule has 0 saturated carbocycles. The molecule has 3 aromatic rings.